The third-order valence-electron chi connectivity index (χ3n) is 2.94. The fourth-order valence-electron chi connectivity index (χ4n) is 1.73. The highest BCUT2D eigenvalue weighted by Gasteiger charge is 2.33. The molecule has 1 rings (SSSR count). The van der Waals surface area contributed by atoms with E-state index in [2.05, 4.69) is 5.32 Å². The molecule has 1 atom stereocenters. The summed E-state index contributed by atoms with van der Waals surface area (Å²) in [6.45, 7) is 6.82. The zero-order valence-corrected chi connectivity index (χ0v) is 11.5. The Morgan fingerprint density at radius 1 is 1.26 bits per heavy atom. The van der Waals surface area contributed by atoms with Crippen LogP contribution >= 0.6 is 0 Å². The zero-order chi connectivity index (χ0) is 14.8. The fourth-order valence-corrected chi connectivity index (χ4v) is 1.73. The molecular weight excluding hydrogens is 246 g/mol. The number of carbonyl (C=O) groups excluding carboxylic acids is 1. The van der Waals surface area contributed by atoms with E-state index in [1.807, 2.05) is 0 Å². The Hall–Kier alpha value is -2.04. The highest BCUT2D eigenvalue weighted by atomic mass is 16.4. The van der Waals surface area contributed by atoms with Gasteiger partial charge >= 0.3 is 5.97 Å². The zero-order valence-electron chi connectivity index (χ0n) is 11.5. The van der Waals surface area contributed by atoms with Gasteiger partial charge in [-0.05, 0) is 24.5 Å². The molecule has 1 aromatic carbocycles. The lowest BCUT2D eigenvalue weighted by Gasteiger charge is -2.28. The van der Waals surface area contributed by atoms with E-state index in [1.165, 1.54) is 6.07 Å². The van der Waals surface area contributed by atoms with Crippen molar-refractivity contribution < 1.29 is 19.8 Å². The molecule has 0 fully saturated rings. The van der Waals surface area contributed by atoms with Gasteiger partial charge in [0.15, 0.2) is 0 Å². The minimum absolute atomic E-state index is 0.00952. The highest BCUT2D eigenvalue weighted by molar-refractivity contribution is 5.98. The molecule has 0 spiro atoms. The summed E-state index contributed by atoms with van der Waals surface area (Å²) < 4.78 is 0. The van der Waals surface area contributed by atoms with Gasteiger partial charge in [0.25, 0.3) is 5.91 Å². The van der Waals surface area contributed by atoms with Gasteiger partial charge in [0, 0.05) is 11.1 Å². The maximum absolute atomic E-state index is 12.1. The van der Waals surface area contributed by atoms with Gasteiger partial charge in [0.2, 0.25) is 0 Å². The van der Waals surface area contributed by atoms with E-state index < -0.39 is 23.3 Å². The second kappa shape index (κ2) is 5.30. The third-order valence-corrected chi connectivity index (χ3v) is 2.94. The van der Waals surface area contributed by atoms with Crippen LogP contribution in [0.2, 0.25) is 0 Å². The number of aliphatic carboxylic acids is 1. The molecule has 0 aromatic heterocycles. The smallest absolute Gasteiger partial charge is 0.326 e. The van der Waals surface area contributed by atoms with Crippen molar-refractivity contribution in [3.63, 3.8) is 0 Å². The molecule has 0 unspecified atom stereocenters. The lowest BCUT2D eigenvalue weighted by molar-refractivity contribution is -0.142. The predicted molar refractivity (Wildman–Crippen MR) is 71.2 cm³/mol. The van der Waals surface area contributed by atoms with Crippen LogP contribution in [0, 0.1) is 12.3 Å². The molecule has 3 N–H and O–H groups in total. The minimum Gasteiger partial charge on any atom is -0.508 e. The maximum atomic E-state index is 12.1. The summed E-state index contributed by atoms with van der Waals surface area (Å²) in [5, 5.41) is 21.2. The second-order valence-electron chi connectivity index (χ2n) is 5.56. The van der Waals surface area contributed by atoms with Crippen LogP contribution < -0.4 is 5.32 Å². The second-order valence-corrected chi connectivity index (χ2v) is 5.56. The lowest BCUT2D eigenvalue weighted by atomic mass is 9.86. The number of aromatic hydroxyl groups is 1. The van der Waals surface area contributed by atoms with Gasteiger partial charge in [-0.15, -0.1) is 0 Å². The Bertz CT molecular complexity index is 503. The Kier molecular flexibility index (Phi) is 4.19. The Balaban J connectivity index is 3.02. The summed E-state index contributed by atoms with van der Waals surface area (Å²) in [5.41, 5.74) is 0.0974. The molecule has 0 aliphatic rings. The molecule has 0 radical (unpaired) electrons. The number of hydrogen-bond acceptors (Lipinski definition) is 3. The number of amides is 1. The van der Waals surface area contributed by atoms with Crippen LogP contribution in [0.15, 0.2) is 18.2 Å². The molecule has 0 aliphatic carbocycles. The summed E-state index contributed by atoms with van der Waals surface area (Å²) in [6, 6.07) is 3.57. The van der Waals surface area contributed by atoms with Crippen LogP contribution in [-0.4, -0.2) is 28.1 Å². The molecule has 0 saturated carbocycles. The van der Waals surface area contributed by atoms with Crippen LogP contribution in [0.5, 0.6) is 5.75 Å². The molecule has 5 nitrogen and oxygen atoms in total. The van der Waals surface area contributed by atoms with Crippen molar-refractivity contribution >= 4 is 11.9 Å². The summed E-state index contributed by atoms with van der Waals surface area (Å²) in [7, 11) is 0. The van der Waals surface area contributed by atoms with E-state index in [0.29, 0.717) is 5.56 Å². The monoisotopic (exact) mass is 265 g/mol. The molecule has 1 amide bonds. The van der Waals surface area contributed by atoms with E-state index >= 15 is 0 Å². The predicted octanol–water partition coefficient (Wildman–Crippen LogP) is 1.93. The first-order chi connectivity index (χ1) is 8.64. The molecule has 0 bridgehead atoms. The molecule has 0 heterocycles. The topological polar surface area (TPSA) is 86.6 Å². The van der Waals surface area contributed by atoms with Crippen LogP contribution in [0.25, 0.3) is 0 Å². The summed E-state index contributed by atoms with van der Waals surface area (Å²) in [6.07, 6.45) is 0. The highest BCUT2D eigenvalue weighted by Crippen LogP contribution is 2.22. The number of phenols is 1. The van der Waals surface area contributed by atoms with Crippen molar-refractivity contribution in [2.75, 3.05) is 0 Å². The van der Waals surface area contributed by atoms with Crippen molar-refractivity contribution in [2.24, 2.45) is 5.41 Å². The molecular formula is C14H19NO4. The molecule has 5 heteroatoms. The lowest BCUT2D eigenvalue weighted by Crippen LogP contribution is -2.49. The van der Waals surface area contributed by atoms with Crippen LogP contribution in [0.1, 0.15) is 36.7 Å². The van der Waals surface area contributed by atoms with E-state index in [-0.39, 0.29) is 11.3 Å². The van der Waals surface area contributed by atoms with Gasteiger partial charge in [0.1, 0.15) is 11.8 Å². The Morgan fingerprint density at radius 2 is 1.84 bits per heavy atom. The number of phenolic OH excluding ortho intramolecular Hbond substituents is 1. The van der Waals surface area contributed by atoms with Gasteiger partial charge in [-0.3, -0.25) is 4.79 Å². The summed E-state index contributed by atoms with van der Waals surface area (Å²) >= 11 is 0. The first-order valence-electron chi connectivity index (χ1n) is 5.97. The SMILES string of the molecule is Cc1c(O)cccc1C(=O)N[C@H](C(=O)O)C(C)(C)C. The van der Waals surface area contributed by atoms with E-state index in [0.717, 1.165) is 0 Å². The van der Waals surface area contributed by atoms with Crippen LogP contribution in [0.4, 0.5) is 0 Å². The molecule has 1 aromatic rings. The van der Waals surface area contributed by atoms with Gasteiger partial charge in [-0.2, -0.15) is 0 Å². The number of carbonyl (C=O) groups is 2. The van der Waals surface area contributed by atoms with Gasteiger partial charge in [0.05, 0.1) is 0 Å². The molecule has 19 heavy (non-hydrogen) atoms. The van der Waals surface area contributed by atoms with Gasteiger partial charge in [-0.1, -0.05) is 26.8 Å². The number of carboxylic acid groups (broad SMARTS) is 1. The van der Waals surface area contributed by atoms with Crippen molar-refractivity contribution in [1.29, 1.82) is 0 Å². The fraction of sp³-hybridized carbons (Fsp3) is 0.429. The van der Waals surface area contributed by atoms with Crippen molar-refractivity contribution in [1.82, 2.24) is 5.32 Å². The largest absolute Gasteiger partial charge is 0.508 e. The minimum atomic E-state index is -1.08. The van der Waals surface area contributed by atoms with E-state index in [4.69, 9.17) is 5.11 Å². The van der Waals surface area contributed by atoms with E-state index in [9.17, 15) is 14.7 Å². The number of carboxylic acids is 1. The number of hydrogen-bond donors (Lipinski definition) is 3. The van der Waals surface area contributed by atoms with Gasteiger partial charge in [-0.25, -0.2) is 4.79 Å². The number of rotatable bonds is 3. The maximum Gasteiger partial charge on any atom is 0.326 e. The van der Waals surface area contributed by atoms with Crippen molar-refractivity contribution in [2.45, 2.75) is 33.7 Å². The average molecular weight is 265 g/mol. The van der Waals surface area contributed by atoms with Gasteiger partial charge < -0.3 is 15.5 Å². The number of benzene rings is 1. The third kappa shape index (κ3) is 3.47. The quantitative estimate of drug-likeness (QED) is 0.779. The Morgan fingerprint density at radius 3 is 2.32 bits per heavy atom. The first-order valence-corrected chi connectivity index (χ1v) is 5.97. The van der Waals surface area contributed by atoms with E-state index in [1.54, 1.807) is 39.8 Å². The molecule has 0 aliphatic heterocycles. The normalized spacial score (nSPS) is 12.8. The summed E-state index contributed by atoms with van der Waals surface area (Å²) in [4.78, 5) is 23.3. The summed E-state index contributed by atoms with van der Waals surface area (Å²) in [5.74, 6) is -1.58. The first kappa shape index (κ1) is 15.0. The van der Waals surface area contributed by atoms with Crippen LogP contribution in [0.3, 0.4) is 0 Å². The van der Waals surface area contributed by atoms with Crippen LogP contribution in [-0.2, 0) is 4.79 Å². The molecule has 104 valence electrons. The number of nitrogens with one attached hydrogen (secondary N) is 1. The standard InChI is InChI=1S/C14H19NO4/c1-8-9(6-5-7-10(8)16)12(17)15-11(13(18)19)14(2,3)4/h5-7,11,16H,1-4H3,(H,15,17)(H,18,19)/t11-/m1/s1. The average Bonchev–Trinajstić information content (AvgIpc) is 2.27. The van der Waals surface area contributed by atoms with Crippen molar-refractivity contribution in [3.8, 4) is 5.75 Å². The molecule has 0 saturated heterocycles. The van der Waals surface area contributed by atoms with Crippen molar-refractivity contribution in [3.05, 3.63) is 29.3 Å². The Labute approximate surface area is 112 Å².